The highest BCUT2D eigenvalue weighted by atomic mass is 19.1. The quantitative estimate of drug-likeness (QED) is 0.378. The van der Waals surface area contributed by atoms with Crippen molar-refractivity contribution in [2.45, 2.75) is 20.8 Å². The van der Waals surface area contributed by atoms with Crippen molar-refractivity contribution in [2.75, 3.05) is 18.5 Å². The number of anilines is 1. The molecule has 0 saturated heterocycles. The molecule has 0 aliphatic carbocycles. The molecule has 5 nitrogen and oxygen atoms in total. The van der Waals surface area contributed by atoms with E-state index < -0.39 is 17.8 Å². The van der Waals surface area contributed by atoms with E-state index >= 15 is 0 Å². The van der Waals surface area contributed by atoms with Crippen LogP contribution in [0.3, 0.4) is 0 Å². The maximum absolute atomic E-state index is 13.6. The molecule has 1 aromatic carbocycles. The van der Waals surface area contributed by atoms with Crippen molar-refractivity contribution in [1.29, 1.82) is 0 Å². The van der Waals surface area contributed by atoms with Gasteiger partial charge < -0.3 is 14.8 Å². The second-order valence-corrected chi connectivity index (χ2v) is 4.13. The maximum Gasteiger partial charge on any atom is 0.347 e. The average molecular weight is 295 g/mol. The zero-order chi connectivity index (χ0) is 15.8. The molecule has 0 unspecified atom stereocenters. The lowest BCUT2D eigenvalue weighted by Gasteiger charge is -2.08. The minimum absolute atomic E-state index is 0.119. The number of hydrogen-bond donors (Lipinski definition) is 1. The molecule has 0 aliphatic rings. The van der Waals surface area contributed by atoms with E-state index in [-0.39, 0.29) is 24.5 Å². The van der Waals surface area contributed by atoms with Gasteiger partial charge in [-0.2, -0.15) is 0 Å². The largest absolute Gasteiger partial charge is 0.462 e. The van der Waals surface area contributed by atoms with Crippen molar-refractivity contribution in [3.8, 4) is 0 Å². The molecular formula is C15H18FNO4. The average Bonchev–Trinajstić information content (AvgIpc) is 2.43. The van der Waals surface area contributed by atoms with E-state index in [1.807, 2.05) is 0 Å². The van der Waals surface area contributed by atoms with Gasteiger partial charge >= 0.3 is 11.9 Å². The van der Waals surface area contributed by atoms with Crippen molar-refractivity contribution in [1.82, 2.24) is 0 Å². The molecule has 0 atom stereocenters. The van der Waals surface area contributed by atoms with E-state index in [0.717, 1.165) is 11.8 Å². The fraction of sp³-hybridized carbons (Fsp3) is 0.333. The molecule has 1 N–H and O–H groups in total. The van der Waals surface area contributed by atoms with E-state index in [4.69, 9.17) is 9.47 Å². The number of rotatable bonds is 6. The first-order chi connectivity index (χ1) is 9.99. The molecule has 0 amide bonds. The first kappa shape index (κ1) is 16.7. The number of halogens is 1. The Morgan fingerprint density at radius 2 is 1.76 bits per heavy atom. The summed E-state index contributed by atoms with van der Waals surface area (Å²) in [6.07, 6.45) is 1.09. The van der Waals surface area contributed by atoms with Gasteiger partial charge in [-0.15, -0.1) is 0 Å². The summed E-state index contributed by atoms with van der Waals surface area (Å²) in [6.45, 7) is 5.28. The Labute approximate surface area is 122 Å². The van der Waals surface area contributed by atoms with E-state index in [1.165, 1.54) is 6.07 Å². The van der Waals surface area contributed by atoms with Crippen LogP contribution in [0.1, 0.15) is 19.4 Å². The predicted octanol–water partition coefficient (Wildman–Crippen LogP) is 2.56. The molecule has 0 radical (unpaired) electrons. The summed E-state index contributed by atoms with van der Waals surface area (Å²) >= 11 is 0. The van der Waals surface area contributed by atoms with Gasteiger partial charge in [0.25, 0.3) is 0 Å². The van der Waals surface area contributed by atoms with Crippen LogP contribution in [0.25, 0.3) is 0 Å². The predicted molar refractivity (Wildman–Crippen MR) is 76.1 cm³/mol. The fourth-order valence-electron chi connectivity index (χ4n) is 1.52. The van der Waals surface area contributed by atoms with E-state index in [1.54, 1.807) is 32.9 Å². The van der Waals surface area contributed by atoms with E-state index in [9.17, 15) is 14.0 Å². The highest BCUT2D eigenvalue weighted by Crippen LogP contribution is 2.16. The molecule has 0 fully saturated rings. The summed E-state index contributed by atoms with van der Waals surface area (Å²) in [5.74, 6) is -2.14. The smallest absolute Gasteiger partial charge is 0.347 e. The molecule has 0 aromatic heterocycles. The molecule has 6 heteroatoms. The van der Waals surface area contributed by atoms with Gasteiger partial charge in [0.2, 0.25) is 0 Å². The number of carbonyl (C=O) groups is 2. The molecule has 0 spiro atoms. The zero-order valence-electron chi connectivity index (χ0n) is 12.2. The number of carbonyl (C=O) groups excluding carboxylic acids is 2. The summed E-state index contributed by atoms with van der Waals surface area (Å²) in [5.41, 5.74) is 0.668. The van der Waals surface area contributed by atoms with Crippen LogP contribution in [0.15, 0.2) is 30.0 Å². The maximum atomic E-state index is 13.6. The van der Waals surface area contributed by atoms with E-state index in [0.29, 0.717) is 0 Å². The van der Waals surface area contributed by atoms with Gasteiger partial charge in [-0.3, -0.25) is 0 Å². The molecule has 0 saturated carbocycles. The van der Waals surface area contributed by atoms with Crippen LogP contribution in [-0.2, 0) is 19.1 Å². The number of hydrogen-bond acceptors (Lipinski definition) is 5. The molecule has 21 heavy (non-hydrogen) atoms. The molecule has 1 aromatic rings. The topological polar surface area (TPSA) is 64.6 Å². The minimum atomic E-state index is -0.823. The highest BCUT2D eigenvalue weighted by molar-refractivity contribution is 6.14. The third-order valence-corrected chi connectivity index (χ3v) is 2.48. The lowest BCUT2D eigenvalue weighted by molar-refractivity contribution is -0.146. The van der Waals surface area contributed by atoms with Crippen LogP contribution in [0.5, 0.6) is 0 Å². The molecule has 0 aliphatic heterocycles. The number of nitrogens with one attached hydrogen (secondary N) is 1. The third kappa shape index (κ3) is 4.91. The standard InChI is InChI=1S/C15H18FNO4/c1-4-20-14(18)11(15(19)21-5-2)9-17-13-8-10(3)6-7-12(13)16/h6-9,17H,4-5H2,1-3H3. The third-order valence-electron chi connectivity index (χ3n) is 2.48. The van der Waals surface area contributed by atoms with Crippen LogP contribution in [0.4, 0.5) is 10.1 Å². The Hall–Kier alpha value is -2.37. The van der Waals surface area contributed by atoms with Crippen LogP contribution < -0.4 is 5.32 Å². The first-order valence-corrected chi connectivity index (χ1v) is 6.56. The Kier molecular flexibility index (Phi) is 6.39. The second-order valence-electron chi connectivity index (χ2n) is 4.13. The van der Waals surface area contributed by atoms with Crippen molar-refractivity contribution in [2.24, 2.45) is 0 Å². The van der Waals surface area contributed by atoms with Crippen LogP contribution in [0, 0.1) is 12.7 Å². The van der Waals surface area contributed by atoms with E-state index in [2.05, 4.69) is 5.32 Å². The Bertz CT molecular complexity index is 535. The van der Waals surface area contributed by atoms with Gasteiger partial charge in [0, 0.05) is 6.20 Å². The lowest BCUT2D eigenvalue weighted by atomic mass is 10.2. The number of benzene rings is 1. The van der Waals surface area contributed by atoms with Crippen molar-refractivity contribution in [3.63, 3.8) is 0 Å². The monoisotopic (exact) mass is 295 g/mol. The van der Waals surface area contributed by atoms with Gasteiger partial charge in [0.15, 0.2) is 5.57 Å². The molecule has 1 rings (SSSR count). The molecule has 0 bridgehead atoms. The van der Waals surface area contributed by atoms with Crippen molar-refractivity contribution >= 4 is 17.6 Å². The van der Waals surface area contributed by atoms with Crippen molar-refractivity contribution in [3.05, 3.63) is 41.4 Å². The molecule has 114 valence electrons. The van der Waals surface area contributed by atoms with Gasteiger partial charge in [-0.1, -0.05) is 6.07 Å². The minimum Gasteiger partial charge on any atom is -0.462 e. The van der Waals surface area contributed by atoms with Gasteiger partial charge in [-0.25, -0.2) is 14.0 Å². The zero-order valence-corrected chi connectivity index (χ0v) is 12.2. The SMILES string of the molecule is CCOC(=O)C(=CNc1cc(C)ccc1F)C(=O)OCC. The number of ether oxygens (including phenoxy) is 2. The van der Waals surface area contributed by atoms with Crippen LogP contribution in [-0.4, -0.2) is 25.2 Å². The Balaban J connectivity index is 2.99. The Morgan fingerprint density at radius 1 is 1.19 bits per heavy atom. The summed E-state index contributed by atoms with van der Waals surface area (Å²) in [7, 11) is 0. The summed E-state index contributed by atoms with van der Waals surface area (Å²) in [4.78, 5) is 23.4. The lowest BCUT2D eigenvalue weighted by Crippen LogP contribution is -2.19. The van der Waals surface area contributed by atoms with Gasteiger partial charge in [0.1, 0.15) is 5.82 Å². The second kappa shape index (κ2) is 8.04. The van der Waals surface area contributed by atoms with Gasteiger partial charge in [0.05, 0.1) is 18.9 Å². The summed E-state index contributed by atoms with van der Waals surface area (Å²) in [6, 6.07) is 4.46. The highest BCUT2D eigenvalue weighted by Gasteiger charge is 2.21. The molecular weight excluding hydrogens is 277 g/mol. The normalized spacial score (nSPS) is 9.71. The Morgan fingerprint density at radius 3 is 2.29 bits per heavy atom. The fourth-order valence-corrected chi connectivity index (χ4v) is 1.52. The number of aryl methyl sites for hydroxylation is 1. The van der Waals surface area contributed by atoms with Crippen molar-refractivity contribution < 1.29 is 23.5 Å². The van der Waals surface area contributed by atoms with Crippen LogP contribution >= 0.6 is 0 Å². The number of esters is 2. The van der Waals surface area contributed by atoms with Gasteiger partial charge in [-0.05, 0) is 38.5 Å². The first-order valence-electron chi connectivity index (χ1n) is 6.56. The van der Waals surface area contributed by atoms with Crippen LogP contribution in [0.2, 0.25) is 0 Å². The summed E-state index contributed by atoms with van der Waals surface area (Å²) < 4.78 is 23.1. The summed E-state index contributed by atoms with van der Waals surface area (Å²) in [5, 5.41) is 2.59. The molecule has 0 heterocycles.